The van der Waals surface area contributed by atoms with Crippen LogP contribution in [-0.4, -0.2) is 22.5 Å². The Hall–Kier alpha value is -1.57. The van der Waals surface area contributed by atoms with Crippen LogP contribution in [0.5, 0.6) is 0 Å². The van der Waals surface area contributed by atoms with Crippen LogP contribution in [-0.2, 0) is 9.53 Å². The van der Waals surface area contributed by atoms with E-state index in [-0.39, 0.29) is 17.6 Å². The van der Waals surface area contributed by atoms with Crippen molar-refractivity contribution < 1.29 is 14.6 Å². The van der Waals surface area contributed by atoms with Gasteiger partial charge in [0.05, 0.1) is 0 Å². The van der Waals surface area contributed by atoms with E-state index in [0.717, 1.165) is 11.8 Å². The fourth-order valence-electron chi connectivity index (χ4n) is 7.39. The second-order valence-electron chi connectivity index (χ2n) is 7.27. The van der Waals surface area contributed by atoms with Gasteiger partial charge < -0.3 is 9.84 Å². The lowest BCUT2D eigenvalue weighted by Crippen LogP contribution is -2.57. The molecule has 0 radical (unpaired) electrons. The molecule has 5 aliphatic rings. The molecule has 0 saturated heterocycles. The molecule has 2 bridgehead atoms. The van der Waals surface area contributed by atoms with Gasteiger partial charge in [0.15, 0.2) is 10.5 Å². The zero-order valence-electron chi connectivity index (χ0n) is 11.2. The number of hydrogen-bond donors (Lipinski definition) is 1. The van der Waals surface area contributed by atoms with Crippen LogP contribution in [0.2, 0.25) is 0 Å². The highest BCUT2D eigenvalue weighted by Gasteiger charge is 2.87. The Balaban J connectivity index is 1.74. The van der Waals surface area contributed by atoms with E-state index in [0.29, 0.717) is 23.7 Å². The summed E-state index contributed by atoms with van der Waals surface area (Å²) >= 11 is 0. The lowest BCUT2D eigenvalue weighted by molar-refractivity contribution is -0.183. The van der Waals surface area contributed by atoms with E-state index in [9.17, 15) is 14.8 Å². The van der Waals surface area contributed by atoms with Gasteiger partial charge in [0, 0.05) is 18.8 Å². The van der Waals surface area contributed by atoms with Crippen molar-refractivity contribution in [1.82, 2.24) is 4.85 Å². The Morgan fingerprint density at radius 1 is 1.20 bits per heavy atom. The number of carbonyl (C=O) groups excluding carboxylic acids is 1. The highest BCUT2D eigenvalue weighted by Crippen LogP contribution is 2.86. The second-order valence-corrected chi connectivity index (χ2v) is 7.27. The molecule has 0 heterocycles. The van der Waals surface area contributed by atoms with E-state index in [1.807, 2.05) is 0 Å². The molecule has 9 atom stereocenters. The number of fused-ring (bicyclic) bond motifs is 2. The number of nitrogens with zero attached hydrogens (tertiary/aromatic N) is 1. The summed E-state index contributed by atoms with van der Waals surface area (Å²) in [4.78, 5) is 24.7. The summed E-state index contributed by atoms with van der Waals surface area (Å²) in [6, 6.07) is 0. The van der Waals surface area contributed by atoms with Gasteiger partial charge in [-0.1, -0.05) is 0 Å². The summed E-state index contributed by atoms with van der Waals surface area (Å²) in [7, 11) is 0. The summed E-state index contributed by atoms with van der Waals surface area (Å²) in [6.45, 7) is 1.37. The van der Waals surface area contributed by atoms with Crippen molar-refractivity contribution >= 4 is 11.8 Å². The molecule has 1 N–H and O–H groups in total. The van der Waals surface area contributed by atoms with Crippen LogP contribution >= 0.6 is 0 Å². The van der Waals surface area contributed by atoms with E-state index >= 15 is 0 Å². The number of rotatable bonds is 2. The average molecular weight is 274 g/mol. The van der Waals surface area contributed by atoms with Gasteiger partial charge in [0.1, 0.15) is 0 Å². The van der Waals surface area contributed by atoms with Gasteiger partial charge in [-0.3, -0.25) is 4.79 Å². The topological polar surface area (TPSA) is 77.7 Å². The number of ether oxygens (including phenoxy) is 1. The van der Waals surface area contributed by atoms with Crippen molar-refractivity contribution in [3.63, 3.8) is 0 Å². The first-order chi connectivity index (χ1) is 9.61. The molecule has 5 heteroatoms. The normalized spacial score (nSPS) is 58.2. The molecule has 0 amide bonds. The molecule has 5 nitrogen and oxygen atoms in total. The van der Waals surface area contributed by atoms with Crippen molar-refractivity contribution in [2.75, 3.05) is 0 Å². The quantitative estimate of drug-likeness (QED) is 0.353. The Labute approximate surface area is 115 Å². The van der Waals surface area contributed by atoms with E-state index in [2.05, 4.69) is 10.7 Å². The fourth-order valence-corrected chi connectivity index (χ4v) is 7.39. The van der Waals surface area contributed by atoms with Gasteiger partial charge in [-0.25, -0.2) is 0 Å². The van der Waals surface area contributed by atoms with Crippen LogP contribution in [0.3, 0.4) is 0 Å². The molecule has 0 aliphatic heterocycles. The molecule has 5 rings (SSSR count). The third-order valence-corrected chi connectivity index (χ3v) is 7.19. The molecule has 0 spiro atoms. The van der Waals surface area contributed by atoms with Crippen molar-refractivity contribution in [2.24, 2.45) is 47.3 Å². The van der Waals surface area contributed by atoms with Crippen LogP contribution in [0.1, 0.15) is 19.8 Å². The van der Waals surface area contributed by atoms with Crippen molar-refractivity contribution in [3.05, 3.63) is 10.7 Å². The summed E-state index contributed by atoms with van der Waals surface area (Å²) < 4.78 is 5.69. The largest absolute Gasteiger partial charge is 0.496 e. The van der Waals surface area contributed by atoms with Crippen LogP contribution in [0, 0.1) is 52.3 Å². The molecule has 5 fully saturated rings. The molecule has 5 saturated carbocycles. The molecule has 5 aliphatic carbocycles. The number of nitroso groups, excluding NO2 is 1. The molecular formula is C15H16NO4+. The summed E-state index contributed by atoms with van der Waals surface area (Å²) in [5, 5.41) is 10.4. The van der Waals surface area contributed by atoms with E-state index in [1.165, 1.54) is 19.8 Å². The van der Waals surface area contributed by atoms with Crippen molar-refractivity contribution in [2.45, 2.75) is 25.4 Å². The summed E-state index contributed by atoms with van der Waals surface area (Å²) in [5.74, 6) is 5.63. The number of carbonyl (C=O) groups is 1. The zero-order valence-corrected chi connectivity index (χ0v) is 11.2. The SMILES string of the molecule is CC(=O)OC1(C(O)=C=[N+]=O)C2C3CC4C5C3CC2C5C41. The number of aliphatic hydroxyl groups excluding tert-OH is 1. The highest BCUT2D eigenvalue weighted by atomic mass is 16.6. The standard InChI is InChI=1S/C15H15NO4/c1-5(17)20-15(10(18)4-16-19)13-7-3-8-11-6(7)2-9(13)12(11)14(8)15/h6-9,11-14H,2-3H2,1H3/p+1. The van der Waals surface area contributed by atoms with E-state index < -0.39 is 11.6 Å². The van der Waals surface area contributed by atoms with Crippen LogP contribution in [0.4, 0.5) is 0 Å². The van der Waals surface area contributed by atoms with Crippen LogP contribution in [0.15, 0.2) is 5.76 Å². The Bertz CT molecular complexity index is 626. The number of hydrogen-bond acceptors (Lipinski definition) is 4. The van der Waals surface area contributed by atoms with Gasteiger partial charge >= 0.3 is 11.8 Å². The van der Waals surface area contributed by atoms with Gasteiger partial charge in [0.2, 0.25) is 0 Å². The highest BCUT2D eigenvalue weighted by molar-refractivity contribution is 5.69. The maximum Gasteiger partial charge on any atom is 0.431 e. The van der Waals surface area contributed by atoms with Crippen molar-refractivity contribution in [1.29, 1.82) is 0 Å². The minimum absolute atomic E-state index is 0.177. The molecule has 0 aromatic rings. The molecule has 9 unspecified atom stereocenters. The minimum Gasteiger partial charge on any atom is -0.496 e. The smallest absolute Gasteiger partial charge is 0.431 e. The predicted octanol–water partition coefficient (Wildman–Crippen LogP) is 1.01. The first kappa shape index (κ1) is 11.1. The maximum absolute atomic E-state index is 11.6. The molecule has 0 aromatic heterocycles. The van der Waals surface area contributed by atoms with Gasteiger partial charge in [0.25, 0.3) is 10.6 Å². The van der Waals surface area contributed by atoms with Crippen LogP contribution in [0.25, 0.3) is 0 Å². The lowest BCUT2D eigenvalue weighted by Gasteiger charge is -2.51. The van der Waals surface area contributed by atoms with Crippen LogP contribution < -0.4 is 4.85 Å². The zero-order chi connectivity index (χ0) is 13.8. The third kappa shape index (κ3) is 0.835. The van der Waals surface area contributed by atoms with Gasteiger partial charge in [-0.05, 0) is 48.3 Å². The third-order valence-electron chi connectivity index (χ3n) is 7.19. The predicted molar refractivity (Wildman–Crippen MR) is 68.3 cm³/mol. The number of esters is 1. The van der Waals surface area contributed by atoms with Gasteiger partial charge in [-0.15, -0.1) is 0 Å². The Morgan fingerprint density at radius 3 is 2.60 bits per heavy atom. The first-order valence-electron chi connectivity index (χ1n) is 7.45. The van der Waals surface area contributed by atoms with Gasteiger partial charge in [-0.2, -0.15) is 0 Å². The monoisotopic (exact) mass is 274 g/mol. The second kappa shape index (κ2) is 3.03. The summed E-state index contributed by atoms with van der Waals surface area (Å²) in [6.07, 6.45) is 2.42. The molecule has 104 valence electrons. The Morgan fingerprint density at radius 2 is 1.90 bits per heavy atom. The number of aliphatic hydroxyl groups is 1. The van der Waals surface area contributed by atoms with E-state index in [1.54, 1.807) is 0 Å². The molecule has 20 heavy (non-hydrogen) atoms. The maximum atomic E-state index is 11.6. The fraction of sp³-hybridized carbons (Fsp3) is 0.800. The summed E-state index contributed by atoms with van der Waals surface area (Å²) in [5.41, 5.74) is -0.996. The first-order valence-corrected chi connectivity index (χ1v) is 7.45. The molecular weight excluding hydrogens is 258 g/mol. The Kier molecular flexibility index (Phi) is 1.68. The minimum atomic E-state index is -0.996. The van der Waals surface area contributed by atoms with E-state index in [4.69, 9.17) is 4.74 Å². The molecule has 0 aromatic carbocycles. The average Bonchev–Trinajstić information content (AvgIpc) is 2.87. The van der Waals surface area contributed by atoms with Crippen molar-refractivity contribution in [3.8, 4) is 0 Å². The lowest BCUT2D eigenvalue weighted by atomic mass is 9.55.